The molecule has 21 heavy (non-hydrogen) atoms. The molecule has 0 fully saturated rings. The molecule has 0 amide bonds. The van der Waals surface area contributed by atoms with Gasteiger partial charge in [-0.15, -0.1) is 0 Å². The molecule has 1 atom stereocenters. The lowest BCUT2D eigenvalue weighted by Crippen LogP contribution is -2.19. The minimum absolute atomic E-state index is 0.0423. The van der Waals surface area contributed by atoms with E-state index in [9.17, 15) is 13.6 Å². The second kappa shape index (κ2) is 7.09. The van der Waals surface area contributed by atoms with Gasteiger partial charge in [0.1, 0.15) is 17.7 Å². The highest BCUT2D eigenvalue weighted by atomic mass is 19.1. The largest absolute Gasteiger partial charge is 0.366 e. The Bertz CT molecular complexity index is 611. The number of hydrogen-bond donors (Lipinski definition) is 0. The third-order valence-electron chi connectivity index (χ3n) is 3.10. The van der Waals surface area contributed by atoms with E-state index in [0.29, 0.717) is 12.2 Å². The van der Waals surface area contributed by atoms with Crippen molar-refractivity contribution in [2.24, 2.45) is 0 Å². The minimum Gasteiger partial charge on any atom is -0.366 e. The Morgan fingerprint density at radius 2 is 1.86 bits per heavy atom. The number of halogens is 2. The van der Waals surface area contributed by atoms with E-state index in [1.54, 1.807) is 31.2 Å². The van der Waals surface area contributed by atoms with E-state index in [2.05, 4.69) is 0 Å². The maximum atomic E-state index is 13.6. The van der Waals surface area contributed by atoms with Crippen molar-refractivity contribution in [2.45, 2.75) is 19.4 Å². The number of benzene rings is 2. The number of ketones is 1. The summed E-state index contributed by atoms with van der Waals surface area (Å²) in [7, 11) is 0. The lowest BCUT2D eigenvalue weighted by Gasteiger charge is -2.16. The van der Waals surface area contributed by atoms with E-state index in [0.717, 1.165) is 18.2 Å². The van der Waals surface area contributed by atoms with Gasteiger partial charge >= 0.3 is 0 Å². The van der Waals surface area contributed by atoms with Crippen LogP contribution in [0.3, 0.4) is 0 Å². The summed E-state index contributed by atoms with van der Waals surface area (Å²) in [6, 6.07) is 12.1. The van der Waals surface area contributed by atoms with E-state index in [4.69, 9.17) is 4.74 Å². The molecule has 1 unspecified atom stereocenters. The van der Waals surface area contributed by atoms with E-state index in [-0.39, 0.29) is 17.8 Å². The van der Waals surface area contributed by atoms with E-state index in [1.807, 2.05) is 6.07 Å². The van der Waals surface area contributed by atoms with Crippen LogP contribution in [-0.4, -0.2) is 12.4 Å². The quantitative estimate of drug-likeness (QED) is 0.807. The van der Waals surface area contributed by atoms with Crippen LogP contribution >= 0.6 is 0 Å². The van der Waals surface area contributed by atoms with Crippen LogP contribution in [0.5, 0.6) is 0 Å². The zero-order valence-electron chi connectivity index (χ0n) is 11.7. The van der Waals surface area contributed by atoms with Gasteiger partial charge < -0.3 is 4.74 Å². The number of rotatable bonds is 6. The number of carbonyl (C=O) groups excluding carboxylic acids is 1. The SMILES string of the molecule is CCOC(C(=O)Cc1cc(F)ccc1F)c1ccccc1. The van der Waals surface area contributed by atoms with Crippen LogP contribution in [0.4, 0.5) is 8.78 Å². The maximum Gasteiger partial charge on any atom is 0.170 e. The normalized spacial score (nSPS) is 12.1. The Balaban J connectivity index is 2.21. The highest BCUT2D eigenvalue weighted by Crippen LogP contribution is 2.21. The van der Waals surface area contributed by atoms with Gasteiger partial charge in [-0.3, -0.25) is 4.79 Å². The standard InChI is InChI=1S/C17H16F2O2/c1-2-21-17(12-6-4-3-5-7-12)16(20)11-13-10-14(18)8-9-15(13)19/h3-10,17H,2,11H2,1H3. The van der Waals surface area contributed by atoms with Crippen molar-refractivity contribution in [3.05, 3.63) is 71.3 Å². The van der Waals surface area contributed by atoms with Gasteiger partial charge in [-0.2, -0.15) is 0 Å². The molecule has 4 heteroatoms. The molecule has 2 aromatic carbocycles. The zero-order chi connectivity index (χ0) is 15.2. The van der Waals surface area contributed by atoms with Crippen molar-refractivity contribution in [1.29, 1.82) is 0 Å². The number of ether oxygens (including phenoxy) is 1. The Kier molecular flexibility index (Phi) is 5.17. The summed E-state index contributed by atoms with van der Waals surface area (Å²) in [6.45, 7) is 2.14. The first-order valence-electron chi connectivity index (χ1n) is 6.75. The van der Waals surface area contributed by atoms with Crippen molar-refractivity contribution in [3.8, 4) is 0 Å². The molecular formula is C17H16F2O2. The van der Waals surface area contributed by atoms with Crippen molar-refractivity contribution < 1.29 is 18.3 Å². The van der Waals surface area contributed by atoms with Crippen LogP contribution in [0.1, 0.15) is 24.2 Å². The third-order valence-corrected chi connectivity index (χ3v) is 3.10. The molecule has 0 bridgehead atoms. The third kappa shape index (κ3) is 3.95. The summed E-state index contributed by atoms with van der Waals surface area (Å²) in [5.74, 6) is -1.45. The van der Waals surface area contributed by atoms with Crippen molar-refractivity contribution >= 4 is 5.78 Å². The van der Waals surface area contributed by atoms with E-state index in [1.165, 1.54) is 0 Å². The molecule has 0 radical (unpaired) electrons. The van der Waals surface area contributed by atoms with Gasteiger partial charge in [-0.25, -0.2) is 8.78 Å². The molecule has 110 valence electrons. The molecule has 0 spiro atoms. The summed E-state index contributed by atoms with van der Waals surface area (Å²) >= 11 is 0. The average molecular weight is 290 g/mol. The second-order valence-electron chi connectivity index (χ2n) is 4.62. The molecule has 2 aromatic rings. The summed E-state index contributed by atoms with van der Waals surface area (Å²) in [6.07, 6.45) is -0.970. The molecule has 0 heterocycles. The zero-order valence-corrected chi connectivity index (χ0v) is 11.7. The topological polar surface area (TPSA) is 26.3 Å². The Hall–Kier alpha value is -2.07. The highest BCUT2D eigenvalue weighted by molar-refractivity contribution is 5.86. The fourth-order valence-electron chi connectivity index (χ4n) is 2.13. The van der Waals surface area contributed by atoms with Crippen molar-refractivity contribution in [1.82, 2.24) is 0 Å². The van der Waals surface area contributed by atoms with Gasteiger partial charge in [0, 0.05) is 13.0 Å². The van der Waals surface area contributed by atoms with Gasteiger partial charge in [-0.05, 0) is 36.2 Å². The fourth-order valence-corrected chi connectivity index (χ4v) is 2.13. The van der Waals surface area contributed by atoms with Crippen LogP contribution in [0.2, 0.25) is 0 Å². The molecule has 0 saturated heterocycles. The summed E-state index contributed by atoms with van der Waals surface area (Å²) < 4.78 is 32.2. The van der Waals surface area contributed by atoms with Crippen LogP contribution in [0, 0.1) is 11.6 Å². The summed E-state index contributed by atoms with van der Waals surface area (Å²) in [5.41, 5.74) is 0.752. The van der Waals surface area contributed by atoms with Crippen LogP contribution in [0.15, 0.2) is 48.5 Å². The second-order valence-corrected chi connectivity index (χ2v) is 4.62. The predicted molar refractivity (Wildman–Crippen MR) is 75.9 cm³/mol. The van der Waals surface area contributed by atoms with Crippen molar-refractivity contribution in [2.75, 3.05) is 6.61 Å². The first-order chi connectivity index (χ1) is 10.1. The number of carbonyl (C=O) groups is 1. The Labute approximate surface area is 122 Å². The summed E-state index contributed by atoms with van der Waals surface area (Å²) in [4.78, 5) is 12.4. The number of hydrogen-bond acceptors (Lipinski definition) is 2. The molecule has 0 aliphatic heterocycles. The predicted octanol–water partition coefficient (Wildman–Crippen LogP) is 3.85. The van der Waals surface area contributed by atoms with E-state index >= 15 is 0 Å². The van der Waals surface area contributed by atoms with Crippen LogP contribution in [0.25, 0.3) is 0 Å². The maximum absolute atomic E-state index is 13.6. The Morgan fingerprint density at radius 3 is 2.52 bits per heavy atom. The molecule has 2 rings (SSSR count). The first kappa shape index (κ1) is 15.3. The lowest BCUT2D eigenvalue weighted by atomic mass is 9.99. The molecule has 0 aliphatic rings. The lowest BCUT2D eigenvalue weighted by molar-refractivity contribution is -0.130. The monoisotopic (exact) mass is 290 g/mol. The molecule has 0 saturated carbocycles. The summed E-state index contributed by atoms with van der Waals surface area (Å²) in [5, 5.41) is 0. The van der Waals surface area contributed by atoms with Gasteiger partial charge in [0.25, 0.3) is 0 Å². The minimum atomic E-state index is -0.765. The van der Waals surface area contributed by atoms with E-state index < -0.39 is 17.7 Å². The smallest absolute Gasteiger partial charge is 0.170 e. The molecule has 2 nitrogen and oxygen atoms in total. The van der Waals surface area contributed by atoms with Gasteiger partial charge in [0.15, 0.2) is 5.78 Å². The average Bonchev–Trinajstić information content (AvgIpc) is 2.49. The van der Waals surface area contributed by atoms with Gasteiger partial charge in [-0.1, -0.05) is 30.3 Å². The first-order valence-corrected chi connectivity index (χ1v) is 6.75. The van der Waals surface area contributed by atoms with Gasteiger partial charge in [0.2, 0.25) is 0 Å². The van der Waals surface area contributed by atoms with Crippen LogP contribution in [-0.2, 0) is 16.0 Å². The van der Waals surface area contributed by atoms with Gasteiger partial charge in [0.05, 0.1) is 0 Å². The highest BCUT2D eigenvalue weighted by Gasteiger charge is 2.22. The van der Waals surface area contributed by atoms with Crippen molar-refractivity contribution in [3.63, 3.8) is 0 Å². The van der Waals surface area contributed by atoms with Crippen LogP contribution < -0.4 is 0 Å². The molecule has 0 aromatic heterocycles. The molecule has 0 aliphatic carbocycles. The Morgan fingerprint density at radius 1 is 1.14 bits per heavy atom. The molecule has 0 N–H and O–H groups in total. The number of Topliss-reactive ketones (excluding diaryl/α,β-unsaturated/α-hetero) is 1. The molecular weight excluding hydrogens is 274 g/mol. The fraction of sp³-hybridized carbons (Fsp3) is 0.235.